The van der Waals surface area contributed by atoms with Gasteiger partial charge in [-0.3, -0.25) is 9.59 Å². The maximum absolute atomic E-state index is 12.2. The van der Waals surface area contributed by atoms with Crippen molar-refractivity contribution in [2.24, 2.45) is 5.92 Å². The molecule has 0 spiro atoms. The van der Waals surface area contributed by atoms with E-state index < -0.39 is 11.9 Å². The molecular weight excluding hydrogens is 232 g/mol. The molecule has 0 amide bonds. The van der Waals surface area contributed by atoms with Gasteiger partial charge in [0.1, 0.15) is 11.7 Å². The summed E-state index contributed by atoms with van der Waals surface area (Å²) in [4.78, 5) is 23.9. The Bertz CT molecular complexity index is 426. The van der Waals surface area contributed by atoms with E-state index in [4.69, 9.17) is 9.47 Å². The van der Waals surface area contributed by atoms with Gasteiger partial charge in [-0.05, 0) is 25.5 Å². The molecule has 0 aliphatic rings. The number of rotatable bonds is 6. The van der Waals surface area contributed by atoms with Crippen molar-refractivity contribution in [2.75, 3.05) is 13.7 Å². The summed E-state index contributed by atoms with van der Waals surface area (Å²) in [6, 6.07) is 6.78. The number of hydrogen-bond acceptors (Lipinski definition) is 4. The number of carbonyl (C=O) groups excluding carboxylic acids is 2. The molecule has 0 aliphatic heterocycles. The smallest absolute Gasteiger partial charge is 0.316 e. The molecule has 1 aromatic carbocycles. The van der Waals surface area contributed by atoms with Crippen LogP contribution in [-0.4, -0.2) is 25.5 Å². The highest BCUT2D eigenvalue weighted by atomic mass is 16.5. The lowest BCUT2D eigenvalue weighted by Crippen LogP contribution is -2.25. The third-order valence-corrected chi connectivity index (χ3v) is 2.65. The minimum absolute atomic E-state index is 0.227. The first kappa shape index (κ1) is 14.2. The number of Topliss-reactive ketones (excluding diaryl/α,β-unsaturated/α-hetero) is 1. The summed E-state index contributed by atoms with van der Waals surface area (Å²) in [5.41, 5.74) is 0.467. The summed E-state index contributed by atoms with van der Waals surface area (Å²) in [5, 5.41) is 0. The van der Waals surface area contributed by atoms with Gasteiger partial charge in [-0.1, -0.05) is 19.1 Å². The molecule has 0 N–H and O–H groups in total. The zero-order valence-corrected chi connectivity index (χ0v) is 10.9. The normalized spacial score (nSPS) is 11.7. The number of ketones is 1. The fourth-order valence-electron chi connectivity index (χ4n) is 1.68. The summed E-state index contributed by atoms with van der Waals surface area (Å²) >= 11 is 0. The van der Waals surface area contributed by atoms with Crippen LogP contribution in [0.4, 0.5) is 0 Å². The largest absolute Gasteiger partial charge is 0.497 e. The van der Waals surface area contributed by atoms with Crippen LogP contribution in [0.3, 0.4) is 0 Å². The topological polar surface area (TPSA) is 52.6 Å². The van der Waals surface area contributed by atoms with Crippen LogP contribution in [0.1, 0.15) is 30.6 Å². The fourth-order valence-corrected chi connectivity index (χ4v) is 1.68. The molecule has 4 nitrogen and oxygen atoms in total. The lowest BCUT2D eigenvalue weighted by atomic mass is 9.95. The number of ether oxygens (including phenoxy) is 2. The van der Waals surface area contributed by atoms with Crippen LogP contribution >= 0.6 is 0 Å². The number of carbonyl (C=O) groups is 2. The Hall–Kier alpha value is -1.84. The van der Waals surface area contributed by atoms with Gasteiger partial charge in [-0.25, -0.2) is 0 Å². The molecule has 0 bridgehead atoms. The first-order valence-corrected chi connectivity index (χ1v) is 5.98. The molecule has 1 unspecified atom stereocenters. The van der Waals surface area contributed by atoms with Gasteiger partial charge in [0.05, 0.1) is 13.7 Å². The zero-order chi connectivity index (χ0) is 13.5. The van der Waals surface area contributed by atoms with Crippen LogP contribution in [0.2, 0.25) is 0 Å². The van der Waals surface area contributed by atoms with Gasteiger partial charge in [0.2, 0.25) is 0 Å². The van der Waals surface area contributed by atoms with Crippen molar-refractivity contribution in [2.45, 2.75) is 20.3 Å². The summed E-state index contributed by atoms with van der Waals surface area (Å²) in [5.74, 6) is -0.834. The molecule has 18 heavy (non-hydrogen) atoms. The average Bonchev–Trinajstić information content (AvgIpc) is 2.40. The van der Waals surface area contributed by atoms with Gasteiger partial charge < -0.3 is 9.47 Å². The molecule has 0 fully saturated rings. The standard InChI is InChI=1S/C14H18O4/c1-4-12(14(16)18-5-2)13(15)10-7-6-8-11(9-10)17-3/h6-9,12H,4-5H2,1-3H3. The predicted octanol–water partition coefficient (Wildman–Crippen LogP) is 2.47. The molecular formula is C14H18O4. The van der Waals surface area contributed by atoms with E-state index in [-0.39, 0.29) is 12.4 Å². The van der Waals surface area contributed by atoms with Gasteiger partial charge in [0.15, 0.2) is 5.78 Å². The highest BCUT2D eigenvalue weighted by molar-refractivity contribution is 6.08. The Balaban J connectivity index is 2.92. The fraction of sp³-hybridized carbons (Fsp3) is 0.429. The number of hydrogen-bond donors (Lipinski definition) is 0. The monoisotopic (exact) mass is 250 g/mol. The summed E-state index contributed by atoms with van der Waals surface area (Å²) in [6.07, 6.45) is 0.425. The summed E-state index contributed by atoms with van der Waals surface area (Å²) < 4.78 is 9.96. The Morgan fingerprint density at radius 3 is 2.56 bits per heavy atom. The van der Waals surface area contributed by atoms with E-state index in [2.05, 4.69) is 0 Å². The van der Waals surface area contributed by atoms with Crippen molar-refractivity contribution in [1.82, 2.24) is 0 Å². The summed E-state index contributed by atoms with van der Waals surface area (Å²) in [7, 11) is 1.53. The minimum atomic E-state index is -0.739. The van der Waals surface area contributed by atoms with E-state index in [0.717, 1.165) is 0 Å². The third kappa shape index (κ3) is 3.32. The molecule has 1 aromatic rings. The van der Waals surface area contributed by atoms with E-state index in [9.17, 15) is 9.59 Å². The number of benzene rings is 1. The molecule has 0 saturated carbocycles. The Labute approximate surface area is 107 Å². The number of esters is 1. The highest BCUT2D eigenvalue weighted by Crippen LogP contribution is 2.18. The average molecular weight is 250 g/mol. The predicted molar refractivity (Wildman–Crippen MR) is 67.7 cm³/mol. The van der Waals surface area contributed by atoms with Crippen molar-refractivity contribution < 1.29 is 19.1 Å². The van der Waals surface area contributed by atoms with Crippen LogP contribution in [0.5, 0.6) is 5.75 Å². The Morgan fingerprint density at radius 1 is 1.28 bits per heavy atom. The van der Waals surface area contributed by atoms with Crippen molar-refractivity contribution in [3.05, 3.63) is 29.8 Å². The van der Waals surface area contributed by atoms with Crippen LogP contribution in [0.15, 0.2) is 24.3 Å². The second-order valence-electron chi connectivity index (χ2n) is 3.81. The molecule has 98 valence electrons. The molecule has 0 heterocycles. The maximum Gasteiger partial charge on any atom is 0.316 e. The van der Waals surface area contributed by atoms with E-state index in [1.54, 1.807) is 38.1 Å². The highest BCUT2D eigenvalue weighted by Gasteiger charge is 2.27. The van der Waals surface area contributed by atoms with Crippen LogP contribution in [0.25, 0.3) is 0 Å². The van der Waals surface area contributed by atoms with Gasteiger partial charge in [-0.15, -0.1) is 0 Å². The molecule has 0 aliphatic carbocycles. The van der Waals surface area contributed by atoms with E-state index in [1.165, 1.54) is 7.11 Å². The second kappa shape index (κ2) is 6.79. The molecule has 0 saturated heterocycles. The molecule has 4 heteroatoms. The van der Waals surface area contributed by atoms with Crippen LogP contribution in [0, 0.1) is 5.92 Å². The first-order chi connectivity index (χ1) is 8.63. The quantitative estimate of drug-likeness (QED) is 0.442. The van der Waals surface area contributed by atoms with Crippen molar-refractivity contribution in [3.63, 3.8) is 0 Å². The lowest BCUT2D eigenvalue weighted by molar-refractivity contribution is -0.146. The van der Waals surface area contributed by atoms with Crippen LogP contribution in [-0.2, 0) is 9.53 Å². The zero-order valence-electron chi connectivity index (χ0n) is 10.9. The van der Waals surface area contributed by atoms with Gasteiger partial charge in [0, 0.05) is 5.56 Å². The van der Waals surface area contributed by atoms with E-state index in [1.807, 2.05) is 0 Å². The van der Waals surface area contributed by atoms with Crippen molar-refractivity contribution in [3.8, 4) is 5.75 Å². The van der Waals surface area contributed by atoms with E-state index >= 15 is 0 Å². The van der Waals surface area contributed by atoms with Gasteiger partial charge in [-0.2, -0.15) is 0 Å². The SMILES string of the molecule is CCOC(=O)C(CC)C(=O)c1cccc(OC)c1. The van der Waals surface area contributed by atoms with Gasteiger partial charge >= 0.3 is 5.97 Å². The van der Waals surface area contributed by atoms with E-state index in [0.29, 0.717) is 17.7 Å². The Morgan fingerprint density at radius 2 is 2.00 bits per heavy atom. The molecule has 1 rings (SSSR count). The second-order valence-corrected chi connectivity index (χ2v) is 3.81. The molecule has 0 aromatic heterocycles. The van der Waals surface area contributed by atoms with Gasteiger partial charge in [0.25, 0.3) is 0 Å². The van der Waals surface area contributed by atoms with Crippen LogP contribution < -0.4 is 4.74 Å². The first-order valence-electron chi connectivity index (χ1n) is 5.98. The van der Waals surface area contributed by atoms with Crippen molar-refractivity contribution in [1.29, 1.82) is 0 Å². The lowest BCUT2D eigenvalue weighted by Gasteiger charge is -2.12. The number of methoxy groups -OCH3 is 1. The van der Waals surface area contributed by atoms with Crippen molar-refractivity contribution >= 4 is 11.8 Å². The Kier molecular flexibility index (Phi) is 5.36. The maximum atomic E-state index is 12.2. The molecule has 1 atom stereocenters. The molecule has 0 radical (unpaired) electrons. The minimum Gasteiger partial charge on any atom is -0.497 e. The third-order valence-electron chi connectivity index (χ3n) is 2.65. The summed E-state index contributed by atoms with van der Waals surface area (Å²) in [6.45, 7) is 3.79.